The van der Waals surface area contributed by atoms with E-state index in [0.717, 1.165) is 0 Å². The molecule has 0 unspecified atom stereocenters. The summed E-state index contributed by atoms with van der Waals surface area (Å²) in [5.41, 5.74) is 1.15. The van der Waals surface area contributed by atoms with Crippen LogP contribution < -0.4 is 10.4 Å². The van der Waals surface area contributed by atoms with Crippen LogP contribution in [0, 0.1) is 6.92 Å². The van der Waals surface area contributed by atoms with Crippen LogP contribution in [0.5, 0.6) is 5.75 Å². The minimum absolute atomic E-state index is 0.0807. The quantitative estimate of drug-likeness (QED) is 0.852. The average Bonchev–Trinajstić information content (AvgIpc) is 2.56. The number of ether oxygens (including phenoxy) is 1. The van der Waals surface area contributed by atoms with E-state index in [0.29, 0.717) is 17.0 Å². The molecule has 102 valence electrons. The predicted molar refractivity (Wildman–Crippen MR) is 65.3 cm³/mol. The minimum Gasteiger partial charge on any atom is -0.435 e. The van der Waals surface area contributed by atoms with Gasteiger partial charge in [0.05, 0.1) is 0 Å². The lowest BCUT2D eigenvalue weighted by Gasteiger charge is -2.08. The normalized spacial score (nSPS) is 11.1. The Bertz CT molecular complexity index is 661. The van der Waals surface area contributed by atoms with E-state index in [4.69, 9.17) is 0 Å². The maximum atomic E-state index is 12.1. The van der Waals surface area contributed by atoms with E-state index in [1.807, 2.05) is 0 Å². The Hall–Kier alpha value is -2.18. The average molecular weight is 269 g/mol. The fraction of sp³-hybridized carbons (Fsp3) is 0.333. The first-order valence-electron chi connectivity index (χ1n) is 5.56. The molecule has 0 spiro atoms. The third kappa shape index (κ3) is 2.49. The van der Waals surface area contributed by atoms with Gasteiger partial charge < -0.3 is 4.74 Å². The van der Waals surface area contributed by atoms with Gasteiger partial charge >= 0.3 is 12.3 Å². The number of halogens is 2. The molecule has 0 fully saturated rings. The summed E-state index contributed by atoms with van der Waals surface area (Å²) in [6, 6.07) is 4.52. The molecule has 19 heavy (non-hydrogen) atoms. The molecule has 0 saturated carbocycles. The summed E-state index contributed by atoms with van der Waals surface area (Å²) in [6.07, 6.45) is 0. The SMILES string of the molecule is Cc1cc(OC(F)F)ccc1-c1nn(C)c(=O)n1C. The second-order valence-electron chi connectivity index (χ2n) is 4.14. The van der Waals surface area contributed by atoms with Crippen molar-refractivity contribution in [2.75, 3.05) is 0 Å². The summed E-state index contributed by atoms with van der Waals surface area (Å²) in [6.45, 7) is -1.11. The van der Waals surface area contributed by atoms with Crippen LogP contribution in [0.15, 0.2) is 23.0 Å². The molecule has 0 N–H and O–H groups in total. The van der Waals surface area contributed by atoms with E-state index in [2.05, 4.69) is 9.84 Å². The third-order valence-electron chi connectivity index (χ3n) is 2.79. The van der Waals surface area contributed by atoms with Gasteiger partial charge in [-0.25, -0.2) is 9.48 Å². The lowest BCUT2D eigenvalue weighted by molar-refractivity contribution is -0.0498. The van der Waals surface area contributed by atoms with E-state index < -0.39 is 6.61 Å². The standard InChI is InChI=1S/C12H13F2N3O2/c1-7-6-8(19-11(13)14)4-5-9(7)10-15-17(3)12(18)16(10)2/h4-6,11H,1-3H3. The molecule has 0 bridgehead atoms. The molecule has 2 rings (SSSR count). The molecular weight excluding hydrogens is 256 g/mol. The molecule has 0 aliphatic heterocycles. The Labute approximate surface area is 108 Å². The van der Waals surface area contributed by atoms with Gasteiger partial charge in [0.15, 0.2) is 5.82 Å². The summed E-state index contributed by atoms with van der Waals surface area (Å²) in [4.78, 5) is 11.6. The van der Waals surface area contributed by atoms with Crippen LogP contribution in [-0.2, 0) is 14.1 Å². The second kappa shape index (κ2) is 4.83. The molecular formula is C12H13F2N3O2. The van der Waals surface area contributed by atoms with Gasteiger partial charge in [-0.2, -0.15) is 8.78 Å². The van der Waals surface area contributed by atoms with Gasteiger partial charge in [0.25, 0.3) is 0 Å². The molecule has 7 heteroatoms. The van der Waals surface area contributed by atoms with Gasteiger partial charge in [-0.05, 0) is 30.7 Å². The highest BCUT2D eigenvalue weighted by Gasteiger charge is 2.13. The van der Waals surface area contributed by atoms with Gasteiger partial charge in [0.1, 0.15) is 5.75 Å². The summed E-state index contributed by atoms with van der Waals surface area (Å²) < 4.78 is 31.2. The molecule has 0 aliphatic rings. The van der Waals surface area contributed by atoms with Crippen molar-refractivity contribution in [3.8, 4) is 17.1 Å². The van der Waals surface area contributed by atoms with Crippen molar-refractivity contribution < 1.29 is 13.5 Å². The number of rotatable bonds is 3. The summed E-state index contributed by atoms with van der Waals surface area (Å²) in [7, 11) is 3.16. The summed E-state index contributed by atoms with van der Waals surface area (Å²) >= 11 is 0. The van der Waals surface area contributed by atoms with Crippen molar-refractivity contribution in [1.29, 1.82) is 0 Å². The van der Waals surface area contributed by atoms with Crippen LogP contribution in [0.3, 0.4) is 0 Å². The van der Waals surface area contributed by atoms with Crippen LogP contribution in [0.25, 0.3) is 11.4 Å². The Balaban J connectivity index is 2.46. The fourth-order valence-corrected chi connectivity index (χ4v) is 1.86. The maximum Gasteiger partial charge on any atom is 0.387 e. The maximum absolute atomic E-state index is 12.1. The van der Waals surface area contributed by atoms with Gasteiger partial charge in [0.2, 0.25) is 0 Å². The smallest absolute Gasteiger partial charge is 0.387 e. The first-order chi connectivity index (χ1) is 8.90. The molecule has 5 nitrogen and oxygen atoms in total. The molecule has 0 radical (unpaired) electrons. The monoisotopic (exact) mass is 269 g/mol. The number of nitrogens with zero attached hydrogens (tertiary/aromatic N) is 3. The molecule has 0 saturated heterocycles. The Morgan fingerprint density at radius 2 is 2.00 bits per heavy atom. The van der Waals surface area contributed by atoms with Gasteiger partial charge in [0, 0.05) is 19.7 Å². The zero-order valence-electron chi connectivity index (χ0n) is 10.7. The highest BCUT2D eigenvalue weighted by Crippen LogP contribution is 2.25. The van der Waals surface area contributed by atoms with Gasteiger partial charge in [-0.1, -0.05) is 0 Å². The van der Waals surface area contributed by atoms with Crippen molar-refractivity contribution in [3.05, 3.63) is 34.2 Å². The van der Waals surface area contributed by atoms with Crippen molar-refractivity contribution in [2.45, 2.75) is 13.5 Å². The van der Waals surface area contributed by atoms with E-state index in [1.54, 1.807) is 27.1 Å². The Morgan fingerprint density at radius 1 is 1.32 bits per heavy atom. The first kappa shape index (κ1) is 13.3. The van der Waals surface area contributed by atoms with Gasteiger partial charge in [-0.15, -0.1) is 5.10 Å². The largest absolute Gasteiger partial charge is 0.435 e. The van der Waals surface area contributed by atoms with Crippen molar-refractivity contribution >= 4 is 0 Å². The lowest BCUT2D eigenvalue weighted by atomic mass is 10.1. The van der Waals surface area contributed by atoms with E-state index in [-0.39, 0.29) is 11.4 Å². The third-order valence-corrected chi connectivity index (χ3v) is 2.79. The topological polar surface area (TPSA) is 49.1 Å². The van der Waals surface area contributed by atoms with E-state index in [9.17, 15) is 13.6 Å². The number of benzene rings is 1. The molecule has 0 aliphatic carbocycles. The fourth-order valence-electron chi connectivity index (χ4n) is 1.86. The molecule has 0 amide bonds. The number of aromatic nitrogens is 3. The predicted octanol–water partition coefficient (Wildman–Crippen LogP) is 1.70. The Morgan fingerprint density at radius 3 is 2.47 bits per heavy atom. The van der Waals surface area contributed by atoms with Crippen molar-refractivity contribution in [2.24, 2.45) is 14.1 Å². The van der Waals surface area contributed by atoms with Crippen LogP contribution in [-0.4, -0.2) is 21.0 Å². The lowest BCUT2D eigenvalue weighted by Crippen LogP contribution is -2.20. The molecule has 1 heterocycles. The van der Waals surface area contributed by atoms with Crippen molar-refractivity contribution in [3.63, 3.8) is 0 Å². The number of hydrogen-bond donors (Lipinski definition) is 0. The minimum atomic E-state index is -2.86. The van der Waals surface area contributed by atoms with E-state index in [1.165, 1.54) is 21.4 Å². The zero-order chi connectivity index (χ0) is 14.2. The van der Waals surface area contributed by atoms with Crippen LogP contribution in [0.1, 0.15) is 5.56 Å². The molecule has 0 atom stereocenters. The number of aryl methyl sites for hydroxylation is 2. The summed E-state index contributed by atoms with van der Waals surface area (Å²) in [5.74, 6) is 0.561. The first-order valence-corrected chi connectivity index (χ1v) is 5.56. The van der Waals surface area contributed by atoms with Crippen LogP contribution in [0.4, 0.5) is 8.78 Å². The Kier molecular flexibility index (Phi) is 3.37. The molecule has 1 aromatic carbocycles. The second-order valence-corrected chi connectivity index (χ2v) is 4.14. The highest BCUT2D eigenvalue weighted by atomic mass is 19.3. The molecule has 1 aromatic heterocycles. The van der Waals surface area contributed by atoms with Gasteiger partial charge in [-0.3, -0.25) is 4.57 Å². The van der Waals surface area contributed by atoms with Crippen LogP contribution >= 0.6 is 0 Å². The van der Waals surface area contributed by atoms with E-state index >= 15 is 0 Å². The van der Waals surface area contributed by atoms with Crippen LogP contribution in [0.2, 0.25) is 0 Å². The molecule has 2 aromatic rings. The number of alkyl halides is 2. The summed E-state index contributed by atoms with van der Waals surface area (Å²) in [5, 5.41) is 4.11. The number of hydrogen-bond acceptors (Lipinski definition) is 3. The van der Waals surface area contributed by atoms with Crippen molar-refractivity contribution in [1.82, 2.24) is 14.3 Å². The highest BCUT2D eigenvalue weighted by molar-refractivity contribution is 5.61. The zero-order valence-corrected chi connectivity index (χ0v) is 10.7.